The van der Waals surface area contributed by atoms with Crippen molar-refractivity contribution < 1.29 is 4.74 Å². The van der Waals surface area contributed by atoms with E-state index in [2.05, 4.69) is 36.5 Å². The highest BCUT2D eigenvalue weighted by Crippen LogP contribution is 2.50. The van der Waals surface area contributed by atoms with E-state index in [-0.39, 0.29) is 0 Å². The summed E-state index contributed by atoms with van der Waals surface area (Å²) in [6.07, 6.45) is 5.29. The molecule has 18 heavy (non-hydrogen) atoms. The third-order valence-corrected chi connectivity index (χ3v) is 4.46. The van der Waals surface area contributed by atoms with Crippen LogP contribution in [0.25, 0.3) is 0 Å². The van der Waals surface area contributed by atoms with Crippen molar-refractivity contribution in [2.45, 2.75) is 44.1 Å². The molecule has 0 atom stereocenters. The number of ether oxygens (including phenoxy) is 1. The Morgan fingerprint density at radius 1 is 1.28 bits per heavy atom. The minimum absolute atomic E-state index is 0.314. The average Bonchev–Trinajstić information content (AvgIpc) is 3.17. The molecule has 0 aliphatic heterocycles. The van der Waals surface area contributed by atoms with Gasteiger partial charge in [0.15, 0.2) is 0 Å². The van der Waals surface area contributed by atoms with Crippen LogP contribution in [0.1, 0.15) is 38.2 Å². The van der Waals surface area contributed by atoms with Crippen molar-refractivity contribution in [3.8, 4) is 5.75 Å². The Kier molecular flexibility index (Phi) is 3.06. The molecule has 3 rings (SSSR count). The summed E-state index contributed by atoms with van der Waals surface area (Å²) in [4.78, 5) is 0. The zero-order valence-corrected chi connectivity index (χ0v) is 11.4. The first kappa shape index (κ1) is 12.0. The molecule has 2 aliphatic carbocycles. The Morgan fingerprint density at radius 3 is 2.61 bits per heavy atom. The molecule has 0 aromatic heterocycles. The minimum atomic E-state index is 0.314. The summed E-state index contributed by atoms with van der Waals surface area (Å²) < 4.78 is 5.56. The van der Waals surface area contributed by atoms with Crippen molar-refractivity contribution in [3.05, 3.63) is 29.8 Å². The molecule has 2 saturated carbocycles. The monoisotopic (exact) mass is 245 g/mol. The average molecular weight is 245 g/mol. The lowest BCUT2D eigenvalue weighted by Gasteiger charge is -2.48. The zero-order chi connectivity index (χ0) is 12.6. The summed E-state index contributed by atoms with van der Waals surface area (Å²) in [5, 5.41) is 3.71. The van der Waals surface area contributed by atoms with Crippen molar-refractivity contribution in [1.82, 2.24) is 5.32 Å². The molecule has 0 unspecified atom stereocenters. The van der Waals surface area contributed by atoms with E-state index in [4.69, 9.17) is 4.74 Å². The van der Waals surface area contributed by atoms with Gasteiger partial charge in [-0.2, -0.15) is 0 Å². The molecule has 0 radical (unpaired) electrons. The highest BCUT2D eigenvalue weighted by atomic mass is 16.5. The number of methoxy groups -OCH3 is 1. The molecule has 2 nitrogen and oxygen atoms in total. The largest absolute Gasteiger partial charge is 0.496 e. The molecule has 0 saturated heterocycles. The number of nitrogens with one attached hydrogen (secondary N) is 1. The Bertz CT molecular complexity index is 419. The highest BCUT2D eigenvalue weighted by molar-refractivity contribution is 5.42. The second-order valence-electron chi connectivity index (χ2n) is 6.15. The summed E-state index contributed by atoms with van der Waals surface area (Å²) in [6, 6.07) is 9.33. The van der Waals surface area contributed by atoms with Gasteiger partial charge in [0.1, 0.15) is 5.75 Å². The first-order valence-electron chi connectivity index (χ1n) is 7.10. The summed E-state index contributed by atoms with van der Waals surface area (Å²) in [7, 11) is 1.78. The fourth-order valence-corrected chi connectivity index (χ4v) is 3.44. The Labute approximate surface area is 110 Å². The molecule has 2 aliphatic rings. The highest BCUT2D eigenvalue weighted by Gasteiger charge is 2.45. The fourth-order valence-electron chi connectivity index (χ4n) is 3.44. The SMILES string of the molecule is COc1ccccc1C1(CNC2CC2)CC(C)C1. The van der Waals surface area contributed by atoms with E-state index in [1.807, 2.05) is 0 Å². The first-order valence-corrected chi connectivity index (χ1v) is 7.10. The van der Waals surface area contributed by atoms with Crippen LogP contribution in [-0.4, -0.2) is 19.7 Å². The summed E-state index contributed by atoms with van der Waals surface area (Å²) in [6.45, 7) is 3.47. The van der Waals surface area contributed by atoms with Crippen LogP contribution >= 0.6 is 0 Å². The van der Waals surface area contributed by atoms with Crippen molar-refractivity contribution in [3.63, 3.8) is 0 Å². The van der Waals surface area contributed by atoms with E-state index >= 15 is 0 Å². The van der Waals surface area contributed by atoms with E-state index < -0.39 is 0 Å². The van der Waals surface area contributed by atoms with Crippen LogP contribution in [0.2, 0.25) is 0 Å². The molecular formula is C16H23NO. The molecule has 0 spiro atoms. The summed E-state index contributed by atoms with van der Waals surface area (Å²) in [5.74, 6) is 1.90. The van der Waals surface area contributed by atoms with Gasteiger partial charge in [0.2, 0.25) is 0 Å². The maximum absolute atomic E-state index is 5.56. The molecule has 0 amide bonds. The quantitative estimate of drug-likeness (QED) is 0.860. The van der Waals surface area contributed by atoms with Crippen molar-refractivity contribution in [2.24, 2.45) is 5.92 Å². The molecular weight excluding hydrogens is 222 g/mol. The Balaban J connectivity index is 1.83. The standard InChI is InChI=1S/C16H23NO/c1-12-9-16(10-12,11-17-13-7-8-13)14-5-3-4-6-15(14)18-2/h3-6,12-13,17H,7-11H2,1-2H3. The molecule has 0 heterocycles. The molecule has 1 aromatic carbocycles. The van der Waals surface area contributed by atoms with Gasteiger partial charge in [-0.1, -0.05) is 25.1 Å². The number of rotatable bonds is 5. The van der Waals surface area contributed by atoms with Gasteiger partial charge in [-0.05, 0) is 37.7 Å². The number of hydrogen-bond donors (Lipinski definition) is 1. The molecule has 1 aromatic rings. The van der Waals surface area contributed by atoms with Gasteiger partial charge in [-0.25, -0.2) is 0 Å². The molecule has 1 N–H and O–H groups in total. The van der Waals surface area contributed by atoms with Gasteiger partial charge in [-0.3, -0.25) is 0 Å². The smallest absolute Gasteiger partial charge is 0.122 e. The summed E-state index contributed by atoms with van der Waals surface area (Å²) >= 11 is 0. The lowest BCUT2D eigenvalue weighted by atomic mass is 9.59. The van der Waals surface area contributed by atoms with Gasteiger partial charge in [0, 0.05) is 23.6 Å². The third-order valence-electron chi connectivity index (χ3n) is 4.46. The van der Waals surface area contributed by atoms with Crippen LogP contribution in [0.5, 0.6) is 5.75 Å². The Morgan fingerprint density at radius 2 is 2.00 bits per heavy atom. The van der Waals surface area contributed by atoms with Crippen molar-refractivity contribution >= 4 is 0 Å². The fraction of sp³-hybridized carbons (Fsp3) is 0.625. The lowest BCUT2D eigenvalue weighted by Crippen LogP contribution is -2.48. The van der Waals surface area contributed by atoms with Gasteiger partial charge in [0.25, 0.3) is 0 Å². The second-order valence-corrected chi connectivity index (χ2v) is 6.15. The topological polar surface area (TPSA) is 21.3 Å². The Hall–Kier alpha value is -1.02. The van der Waals surface area contributed by atoms with E-state index in [9.17, 15) is 0 Å². The maximum atomic E-state index is 5.56. The lowest BCUT2D eigenvalue weighted by molar-refractivity contribution is 0.148. The minimum Gasteiger partial charge on any atom is -0.496 e. The van der Waals surface area contributed by atoms with Crippen LogP contribution in [0.3, 0.4) is 0 Å². The maximum Gasteiger partial charge on any atom is 0.122 e. The van der Waals surface area contributed by atoms with Gasteiger partial charge in [-0.15, -0.1) is 0 Å². The van der Waals surface area contributed by atoms with Crippen molar-refractivity contribution in [2.75, 3.05) is 13.7 Å². The van der Waals surface area contributed by atoms with Gasteiger partial charge in [0.05, 0.1) is 7.11 Å². The zero-order valence-electron chi connectivity index (χ0n) is 11.4. The third kappa shape index (κ3) is 2.14. The summed E-state index contributed by atoms with van der Waals surface area (Å²) in [5.41, 5.74) is 1.72. The molecule has 2 heteroatoms. The van der Waals surface area contributed by atoms with E-state index in [0.29, 0.717) is 5.41 Å². The first-order chi connectivity index (χ1) is 8.73. The molecule has 0 bridgehead atoms. The number of para-hydroxylation sites is 1. The number of benzene rings is 1. The van der Waals surface area contributed by atoms with Gasteiger partial charge >= 0.3 is 0 Å². The van der Waals surface area contributed by atoms with Crippen molar-refractivity contribution in [1.29, 1.82) is 0 Å². The second kappa shape index (κ2) is 4.58. The van der Waals surface area contributed by atoms with Crippen LogP contribution in [0, 0.1) is 5.92 Å². The predicted molar refractivity (Wildman–Crippen MR) is 74.1 cm³/mol. The van der Waals surface area contributed by atoms with Crippen LogP contribution in [0.15, 0.2) is 24.3 Å². The van der Waals surface area contributed by atoms with Crippen LogP contribution in [-0.2, 0) is 5.41 Å². The van der Waals surface area contributed by atoms with E-state index in [1.165, 1.54) is 31.2 Å². The normalized spacial score (nSPS) is 30.9. The number of hydrogen-bond acceptors (Lipinski definition) is 2. The predicted octanol–water partition coefficient (Wildman–Crippen LogP) is 3.11. The van der Waals surface area contributed by atoms with E-state index in [1.54, 1.807) is 7.11 Å². The van der Waals surface area contributed by atoms with Crippen LogP contribution < -0.4 is 10.1 Å². The molecule has 2 fully saturated rings. The van der Waals surface area contributed by atoms with E-state index in [0.717, 1.165) is 24.3 Å². The van der Waals surface area contributed by atoms with Crippen LogP contribution in [0.4, 0.5) is 0 Å². The molecule has 98 valence electrons. The van der Waals surface area contributed by atoms with Gasteiger partial charge < -0.3 is 10.1 Å².